The summed E-state index contributed by atoms with van der Waals surface area (Å²) in [5, 5.41) is 0.731. The van der Waals surface area contributed by atoms with Crippen LogP contribution < -0.4 is 0 Å². The zero-order chi connectivity index (χ0) is 10.7. The van der Waals surface area contributed by atoms with E-state index in [1.165, 1.54) is 0 Å². The molecule has 0 aliphatic heterocycles. The van der Waals surface area contributed by atoms with Crippen molar-refractivity contribution in [1.29, 1.82) is 0 Å². The molecule has 0 atom stereocenters. The Bertz CT molecular complexity index is 474. The summed E-state index contributed by atoms with van der Waals surface area (Å²) in [6.07, 6.45) is 3.58. The van der Waals surface area contributed by atoms with E-state index < -0.39 is 0 Å². The van der Waals surface area contributed by atoms with Crippen LogP contribution in [0.15, 0.2) is 49.2 Å². The second-order valence-electron chi connectivity index (χ2n) is 3.15. The van der Waals surface area contributed by atoms with Crippen molar-refractivity contribution in [3.05, 3.63) is 59.8 Å². The van der Waals surface area contributed by atoms with E-state index in [0.717, 1.165) is 21.8 Å². The van der Waals surface area contributed by atoms with Crippen molar-refractivity contribution in [2.24, 2.45) is 0 Å². The van der Waals surface area contributed by atoms with E-state index in [0.29, 0.717) is 0 Å². The molecule has 74 valence electrons. The van der Waals surface area contributed by atoms with E-state index >= 15 is 0 Å². The number of halogens is 1. The van der Waals surface area contributed by atoms with Gasteiger partial charge in [-0.05, 0) is 18.2 Å². The number of pyridine rings is 1. The van der Waals surface area contributed by atoms with Gasteiger partial charge in [-0.15, -0.1) is 0 Å². The Hall–Kier alpha value is -1.60. The normalized spacial score (nSPS) is 9.93. The van der Waals surface area contributed by atoms with Crippen molar-refractivity contribution in [2.45, 2.75) is 0 Å². The van der Waals surface area contributed by atoms with Crippen molar-refractivity contribution in [3.8, 4) is 11.3 Å². The second-order valence-corrected chi connectivity index (χ2v) is 3.59. The predicted molar refractivity (Wildman–Crippen MR) is 64.8 cm³/mol. The van der Waals surface area contributed by atoms with E-state index in [1.807, 2.05) is 36.4 Å². The van der Waals surface area contributed by atoms with Gasteiger partial charge < -0.3 is 0 Å². The largest absolute Gasteiger partial charge is 0.256 e. The van der Waals surface area contributed by atoms with Gasteiger partial charge in [0.25, 0.3) is 0 Å². The maximum atomic E-state index is 5.83. The molecule has 0 amide bonds. The van der Waals surface area contributed by atoms with Crippen LogP contribution in [-0.4, -0.2) is 4.98 Å². The molecule has 0 saturated heterocycles. The van der Waals surface area contributed by atoms with Crippen LogP contribution in [0.4, 0.5) is 0 Å². The predicted octanol–water partition coefficient (Wildman–Crippen LogP) is 4.05. The fourth-order valence-electron chi connectivity index (χ4n) is 1.43. The summed E-state index contributed by atoms with van der Waals surface area (Å²) >= 11 is 5.83. The second kappa shape index (κ2) is 4.28. The van der Waals surface area contributed by atoms with Crippen molar-refractivity contribution in [2.75, 3.05) is 0 Å². The van der Waals surface area contributed by atoms with Crippen molar-refractivity contribution >= 4 is 17.7 Å². The molecule has 0 radical (unpaired) electrons. The molecule has 0 saturated carbocycles. The molecule has 15 heavy (non-hydrogen) atoms. The average Bonchev–Trinajstić information content (AvgIpc) is 2.30. The van der Waals surface area contributed by atoms with Gasteiger partial charge in [0.05, 0.1) is 5.69 Å². The van der Waals surface area contributed by atoms with E-state index in [9.17, 15) is 0 Å². The van der Waals surface area contributed by atoms with Crippen LogP contribution in [0.3, 0.4) is 0 Å². The van der Waals surface area contributed by atoms with Gasteiger partial charge in [-0.1, -0.05) is 42.5 Å². The van der Waals surface area contributed by atoms with Gasteiger partial charge in [-0.3, -0.25) is 4.98 Å². The third-order valence-corrected chi connectivity index (χ3v) is 2.43. The lowest BCUT2D eigenvalue weighted by Gasteiger charge is -2.04. The summed E-state index contributed by atoms with van der Waals surface area (Å²) in [4.78, 5) is 4.34. The van der Waals surface area contributed by atoms with Crippen LogP contribution in [0.25, 0.3) is 17.3 Å². The first kappa shape index (κ1) is 9.94. The third kappa shape index (κ3) is 2.08. The summed E-state index contributed by atoms with van der Waals surface area (Å²) < 4.78 is 0. The van der Waals surface area contributed by atoms with Gasteiger partial charge in [-0.2, -0.15) is 0 Å². The molecule has 0 spiro atoms. The summed E-state index contributed by atoms with van der Waals surface area (Å²) in [5.41, 5.74) is 3.01. The lowest BCUT2D eigenvalue weighted by molar-refractivity contribution is 1.31. The zero-order valence-corrected chi connectivity index (χ0v) is 8.91. The lowest BCUT2D eigenvalue weighted by atomic mass is 10.1. The highest BCUT2D eigenvalue weighted by molar-refractivity contribution is 6.30. The van der Waals surface area contributed by atoms with E-state index in [-0.39, 0.29) is 0 Å². The number of aromatic nitrogens is 1. The maximum Gasteiger partial charge on any atom is 0.0774 e. The van der Waals surface area contributed by atoms with Crippen LogP contribution in [0.2, 0.25) is 5.02 Å². The van der Waals surface area contributed by atoms with Crippen LogP contribution in [-0.2, 0) is 0 Å². The minimum Gasteiger partial charge on any atom is -0.256 e. The van der Waals surface area contributed by atoms with Gasteiger partial charge in [0.1, 0.15) is 0 Å². The summed E-state index contributed by atoms with van der Waals surface area (Å²) in [7, 11) is 0. The first-order valence-electron chi connectivity index (χ1n) is 4.64. The first-order chi connectivity index (χ1) is 7.31. The Labute approximate surface area is 94.1 Å². The number of hydrogen-bond acceptors (Lipinski definition) is 1. The Morgan fingerprint density at radius 2 is 1.87 bits per heavy atom. The fourth-order valence-corrected chi connectivity index (χ4v) is 1.56. The molecule has 0 bridgehead atoms. The fraction of sp³-hybridized carbons (Fsp3) is 0. The van der Waals surface area contributed by atoms with E-state index in [2.05, 4.69) is 11.6 Å². The summed E-state index contributed by atoms with van der Waals surface area (Å²) in [5.74, 6) is 0. The van der Waals surface area contributed by atoms with Crippen molar-refractivity contribution < 1.29 is 0 Å². The van der Waals surface area contributed by atoms with Gasteiger partial charge in [0, 0.05) is 22.3 Å². The van der Waals surface area contributed by atoms with Crippen LogP contribution in [0.1, 0.15) is 5.56 Å². The molecule has 1 heterocycles. The topological polar surface area (TPSA) is 12.9 Å². The standard InChI is InChI=1S/C13H10ClN/c1-2-10-4-3-9-15-13(10)11-5-7-12(14)8-6-11/h2-9H,1H2. The zero-order valence-electron chi connectivity index (χ0n) is 8.15. The SMILES string of the molecule is C=Cc1cccnc1-c1ccc(Cl)cc1. The number of rotatable bonds is 2. The molecule has 2 rings (SSSR count). The highest BCUT2D eigenvalue weighted by Crippen LogP contribution is 2.23. The Kier molecular flexibility index (Phi) is 2.84. The van der Waals surface area contributed by atoms with Gasteiger partial charge in [0.2, 0.25) is 0 Å². The maximum absolute atomic E-state index is 5.83. The molecule has 1 aromatic heterocycles. The van der Waals surface area contributed by atoms with E-state index in [4.69, 9.17) is 11.6 Å². The molecular formula is C13H10ClN. The number of hydrogen-bond donors (Lipinski definition) is 0. The molecule has 0 unspecified atom stereocenters. The third-order valence-electron chi connectivity index (χ3n) is 2.18. The number of benzene rings is 1. The molecular weight excluding hydrogens is 206 g/mol. The molecule has 0 fully saturated rings. The highest BCUT2D eigenvalue weighted by Gasteiger charge is 2.02. The molecule has 1 aromatic carbocycles. The summed E-state index contributed by atoms with van der Waals surface area (Å²) in [6.45, 7) is 3.77. The molecule has 0 aliphatic carbocycles. The minimum absolute atomic E-state index is 0.731. The van der Waals surface area contributed by atoms with Crippen molar-refractivity contribution in [3.63, 3.8) is 0 Å². The molecule has 0 aliphatic rings. The molecule has 2 aromatic rings. The Morgan fingerprint density at radius 3 is 2.53 bits per heavy atom. The molecule has 0 N–H and O–H groups in total. The Balaban J connectivity index is 2.53. The minimum atomic E-state index is 0.731. The smallest absolute Gasteiger partial charge is 0.0774 e. The van der Waals surface area contributed by atoms with Crippen LogP contribution in [0.5, 0.6) is 0 Å². The molecule has 2 heteroatoms. The Morgan fingerprint density at radius 1 is 1.13 bits per heavy atom. The molecule has 1 nitrogen and oxygen atoms in total. The van der Waals surface area contributed by atoms with Gasteiger partial charge in [-0.25, -0.2) is 0 Å². The van der Waals surface area contributed by atoms with Gasteiger partial charge in [0.15, 0.2) is 0 Å². The average molecular weight is 216 g/mol. The monoisotopic (exact) mass is 215 g/mol. The van der Waals surface area contributed by atoms with Crippen LogP contribution >= 0.6 is 11.6 Å². The highest BCUT2D eigenvalue weighted by atomic mass is 35.5. The quantitative estimate of drug-likeness (QED) is 0.737. The summed E-state index contributed by atoms with van der Waals surface area (Å²) in [6, 6.07) is 11.5. The van der Waals surface area contributed by atoms with Crippen molar-refractivity contribution in [1.82, 2.24) is 4.98 Å². The first-order valence-corrected chi connectivity index (χ1v) is 5.02. The van der Waals surface area contributed by atoms with Gasteiger partial charge >= 0.3 is 0 Å². The lowest BCUT2D eigenvalue weighted by Crippen LogP contribution is -1.86. The van der Waals surface area contributed by atoms with E-state index in [1.54, 1.807) is 12.3 Å². The van der Waals surface area contributed by atoms with Crippen LogP contribution in [0, 0.1) is 0 Å². The number of nitrogens with zero attached hydrogens (tertiary/aromatic N) is 1.